The van der Waals surface area contributed by atoms with Gasteiger partial charge in [0.05, 0.1) is 0 Å². The first-order chi connectivity index (χ1) is 9.81. The maximum absolute atomic E-state index is 11.5. The molecule has 2 aromatic rings. The fourth-order valence-electron chi connectivity index (χ4n) is 2.92. The Hall–Kier alpha value is -1.89. The third-order valence-corrected chi connectivity index (χ3v) is 4.16. The maximum atomic E-state index is 11.5. The Bertz CT molecular complexity index is 667. The van der Waals surface area contributed by atoms with Crippen molar-refractivity contribution < 1.29 is 0 Å². The van der Waals surface area contributed by atoms with Crippen LogP contribution in [0.25, 0.3) is 5.65 Å². The maximum Gasteiger partial charge on any atom is 0.348 e. The summed E-state index contributed by atoms with van der Waals surface area (Å²) in [5.74, 6) is 0.924. The van der Waals surface area contributed by atoms with Crippen LogP contribution in [0.1, 0.15) is 25.7 Å². The highest BCUT2D eigenvalue weighted by molar-refractivity contribution is 5.51. The Morgan fingerprint density at radius 3 is 3.05 bits per heavy atom. The molecule has 0 radical (unpaired) electrons. The summed E-state index contributed by atoms with van der Waals surface area (Å²) in [4.78, 5) is 18.3. The molecule has 1 saturated carbocycles. The third-order valence-electron chi connectivity index (χ3n) is 4.16. The van der Waals surface area contributed by atoms with Gasteiger partial charge in [0, 0.05) is 24.7 Å². The van der Waals surface area contributed by atoms with Gasteiger partial charge in [-0.1, -0.05) is 0 Å². The highest BCUT2D eigenvalue weighted by atomic mass is 16.1. The minimum atomic E-state index is -0.241. The molecule has 2 N–H and O–H groups in total. The number of rotatable bonds is 4. The van der Waals surface area contributed by atoms with Crippen molar-refractivity contribution in [1.82, 2.24) is 24.9 Å². The van der Waals surface area contributed by atoms with Gasteiger partial charge >= 0.3 is 5.69 Å². The molecule has 3 heterocycles. The largest absolute Gasteiger partial charge is 0.352 e. The number of nitrogens with zero attached hydrogens (tertiary/aromatic N) is 4. The topological polar surface area (TPSA) is 78.3 Å². The Balaban J connectivity index is 1.64. The summed E-state index contributed by atoms with van der Waals surface area (Å²) in [6, 6.07) is 3.04. The van der Waals surface area contributed by atoms with Crippen molar-refractivity contribution in [2.75, 3.05) is 18.0 Å². The van der Waals surface area contributed by atoms with Gasteiger partial charge in [-0.25, -0.2) is 19.3 Å². The number of H-pyrrole nitrogens is 1. The van der Waals surface area contributed by atoms with Crippen molar-refractivity contribution in [2.24, 2.45) is 0 Å². The van der Waals surface area contributed by atoms with Crippen LogP contribution in [-0.2, 0) is 0 Å². The van der Waals surface area contributed by atoms with E-state index in [-0.39, 0.29) is 5.69 Å². The minimum Gasteiger partial charge on any atom is -0.352 e. The second-order valence-corrected chi connectivity index (χ2v) is 5.68. The summed E-state index contributed by atoms with van der Waals surface area (Å²) in [6.45, 7) is 2.10. The van der Waals surface area contributed by atoms with Crippen LogP contribution in [0.3, 0.4) is 0 Å². The van der Waals surface area contributed by atoms with E-state index < -0.39 is 0 Å². The summed E-state index contributed by atoms with van der Waals surface area (Å²) < 4.78 is 1.43. The SMILES string of the molecule is O=c1[nH]nc2cc(N(CC3CCCN3)C3CC3)ncn12. The fraction of sp³-hybridized carbons (Fsp3) is 0.615. The van der Waals surface area contributed by atoms with E-state index >= 15 is 0 Å². The molecular formula is C13H18N6O. The van der Waals surface area contributed by atoms with Gasteiger partial charge < -0.3 is 10.2 Å². The first-order valence-corrected chi connectivity index (χ1v) is 7.24. The van der Waals surface area contributed by atoms with Crippen LogP contribution in [0.2, 0.25) is 0 Å². The van der Waals surface area contributed by atoms with Crippen LogP contribution in [0, 0.1) is 0 Å². The number of hydrogen-bond donors (Lipinski definition) is 2. The van der Waals surface area contributed by atoms with Crippen LogP contribution in [0.5, 0.6) is 0 Å². The zero-order valence-electron chi connectivity index (χ0n) is 11.2. The Labute approximate surface area is 116 Å². The lowest BCUT2D eigenvalue weighted by molar-refractivity contribution is 0.575. The molecule has 1 atom stereocenters. The van der Waals surface area contributed by atoms with Crippen molar-refractivity contribution in [3.05, 3.63) is 22.9 Å². The standard InChI is InChI=1S/C13H18N6O/c20-13-17-16-12-6-11(15-8-19(12)13)18(10-3-4-10)7-9-2-1-5-14-9/h6,8-10,14H,1-5,7H2,(H,17,20). The fourth-order valence-corrected chi connectivity index (χ4v) is 2.92. The number of fused-ring (bicyclic) bond motifs is 1. The molecule has 0 bridgehead atoms. The van der Waals surface area contributed by atoms with Crippen LogP contribution < -0.4 is 15.9 Å². The average Bonchev–Trinajstić information content (AvgIpc) is 3.05. The number of nitrogens with one attached hydrogen (secondary N) is 2. The van der Waals surface area contributed by atoms with Gasteiger partial charge in [-0.3, -0.25) is 0 Å². The Morgan fingerprint density at radius 2 is 2.30 bits per heavy atom. The molecule has 1 aliphatic carbocycles. The molecule has 2 aliphatic rings. The van der Waals surface area contributed by atoms with Crippen LogP contribution in [0.15, 0.2) is 17.2 Å². The molecular weight excluding hydrogens is 256 g/mol. The van der Waals surface area contributed by atoms with Gasteiger partial charge in [-0.05, 0) is 32.2 Å². The van der Waals surface area contributed by atoms with E-state index in [4.69, 9.17) is 0 Å². The zero-order chi connectivity index (χ0) is 13.5. The summed E-state index contributed by atoms with van der Waals surface area (Å²) in [5, 5.41) is 10.00. The lowest BCUT2D eigenvalue weighted by atomic mass is 10.2. The first-order valence-electron chi connectivity index (χ1n) is 7.24. The summed E-state index contributed by atoms with van der Waals surface area (Å²) in [5.41, 5.74) is 0.388. The zero-order valence-corrected chi connectivity index (χ0v) is 11.2. The summed E-state index contributed by atoms with van der Waals surface area (Å²) >= 11 is 0. The van der Waals surface area contributed by atoms with E-state index in [1.807, 2.05) is 6.07 Å². The smallest absolute Gasteiger partial charge is 0.348 e. The molecule has 0 amide bonds. The van der Waals surface area contributed by atoms with Gasteiger partial charge in [0.25, 0.3) is 0 Å². The number of anilines is 1. The van der Waals surface area contributed by atoms with Crippen molar-refractivity contribution >= 4 is 11.5 Å². The molecule has 0 spiro atoms. The second kappa shape index (κ2) is 4.59. The van der Waals surface area contributed by atoms with Crippen LogP contribution >= 0.6 is 0 Å². The van der Waals surface area contributed by atoms with E-state index in [9.17, 15) is 4.79 Å². The molecule has 1 aliphatic heterocycles. The summed E-state index contributed by atoms with van der Waals surface area (Å²) in [7, 11) is 0. The van der Waals surface area contributed by atoms with Crippen molar-refractivity contribution in [2.45, 2.75) is 37.8 Å². The predicted molar refractivity (Wildman–Crippen MR) is 75.0 cm³/mol. The number of aromatic amines is 1. The van der Waals surface area contributed by atoms with Crippen LogP contribution in [-0.4, -0.2) is 44.8 Å². The second-order valence-electron chi connectivity index (χ2n) is 5.68. The van der Waals surface area contributed by atoms with Gasteiger partial charge in [0.2, 0.25) is 0 Å². The predicted octanol–water partition coefficient (Wildman–Crippen LogP) is 0.138. The monoisotopic (exact) mass is 274 g/mol. The third kappa shape index (κ3) is 2.07. The van der Waals surface area contributed by atoms with Crippen molar-refractivity contribution in [3.8, 4) is 0 Å². The lowest BCUT2D eigenvalue weighted by Crippen LogP contribution is -2.39. The van der Waals surface area contributed by atoms with E-state index in [1.54, 1.807) is 6.33 Å². The van der Waals surface area contributed by atoms with E-state index in [2.05, 4.69) is 25.4 Å². The number of hydrogen-bond acceptors (Lipinski definition) is 5. The van der Waals surface area contributed by atoms with E-state index in [0.717, 1.165) is 18.9 Å². The van der Waals surface area contributed by atoms with Gasteiger partial charge in [0.15, 0.2) is 5.65 Å². The van der Waals surface area contributed by atoms with Crippen molar-refractivity contribution in [1.29, 1.82) is 0 Å². The molecule has 2 fully saturated rings. The molecule has 7 heteroatoms. The molecule has 1 saturated heterocycles. The summed E-state index contributed by atoms with van der Waals surface area (Å²) in [6.07, 6.45) is 6.51. The van der Waals surface area contributed by atoms with Crippen LogP contribution in [0.4, 0.5) is 5.82 Å². The van der Waals surface area contributed by atoms with Crippen molar-refractivity contribution in [3.63, 3.8) is 0 Å². The van der Waals surface area contributed by atoms with Gasteiger partial charge in [0.1, 0.15) is 12.1 Å². The molecule has 0 aromatic carbocycles. The van der Waals surface area contributed by atoms with E-state index in [1.165, 1.54) is 30.1 Å². The number of aromatic nitrogens is 4. The molecule has 1 unspecified atom stereocenters. The van der Waals surface area contributed by atoms with Gasteiger partial charge in [-0.15, -0.1) is 0 Å². The highest BCUT2D eigenvalue weighted by Crippen LogP contribution is 2.31. The normalized spacial score (nSPS) is 22.5. The molecule has 2 aromatic heterocycles. The quantitative estimate of drug-likeness (QED) is 0.829. The molecule has 106 valence electrons. The highest BCUT2D eigenvalue weighted by Gasteiger charge is 2.32. The average molecular weight is 274 g/mol. The Morgan fingerprint density at radius 1 is 1.40 bits per heavy atom. The first kappa shape index (κ1) is 11.9. The van der Waals surface area contributed by atoms with Gasteiger partial charge in [-0.2, -0.15) is 5.10 Å². The molecule has 20 heavy (non-hydrogen) atoms. The lowest BCUT2D eigenvalue weighted by Gasteiger charge is -2.26. The Kier molecular flexibility index (Phi) is 2.73. The van der Waals surface area contributed by atoms with E-state index in [0.29, 0.717) is 17.7 Å². The molecule has 7 nitrogen and oxygen atoms in total. The minimum absolute atomic E-state index is 0.241. The molecule has 4 rings (SSSR count).